The first kappa shape index (κ1) is 13.1. The summed E-state index contributed by atoms with van der Waals surface area (Å²) in [5, 5.41) is 0. The van der Waals surface area contributed by atoms with E-state index in [2.05, 4.69) is 6.58 Å². The summed E-state index contributed by atoms with van der Waals surface area (Å²) in [7, 11) is 7.80. The molecule has 0 heterocycles. The summed E-state index contributed by atoms with van der Waals surface area (Å²) in [5.41, 5.74) is 0. The van der Waals surface area contributed by atoms with Gasteiger partial charge >= 0.3 is 5.97 Å². The molecule has 0 atom stereocenters. The van der Waals surface area contributed by atoms with Crippen molar-refractivity contribution in [2.24, 2.45) is 0 Å². The first-order valence-corrected chi connectivity index (χ1v) is 4.58. The average Bonchev–Trinajstić information content (AvgIpc) is 2.01. The van der Waals surface area contributed by atoms with E-state index in [-0.39, 0.29) is 12.1 Å². The monoisotopic (exact) mass is 200 g/mol. The smallest absolute Gasteiger partial charge is 0.330 e. The number of ether oxygens (including phenoxy) is 1. The van der Waals surface area contributed by atoms with Crippen LogP contribution in [0.4, 0.5) is 0 Å². The number of carbonyl (C=O) groups is 1. The van der Waals surface area contributed by atoms with Crippen molar-refractivity contribution in [3.05, 3.63) is 12.7 Å². The van der Waals surface area contributed by atoms with E-state index in [4.69, 9.17) is 4.74 Å². The fourth-order valence-corrected chi connectivity index (χ4v) is 1.16. The predicted molar refractivity (Wildman–Crippen MR) is 57.2 cm³/mol. The quantitative estimate of drug-likeness (QED) is 0.453. The van der Waals surface area contributed by atoms with E-state index in [1.165, 1.54) is 6.08 Å². The zero-order chi connectivity index (χ0) is 11.1. The highest BCUT2D eigenvalue weighted by Crippen LogP contribution is 1.97. The topological polar surface area (TPSA) is 32.8 Å². The second-order valence-corrected chi connectivity index (χ2v) is 3.79. The molecule has 82 valence electrons. The summed E-state index contributed by atoms with van der Waals surface area (Å²) in [4.78, 5) is 15.0. The molecule has 0 saturated heterocycles. The molecule has 0 aromatic carbocycles. The van der Waals surface area contributed by atoms with Gasteiger partial charge in [-0.3, -0.25) is 0 Å². The van der Waals surface area contributed by atoms with Crippen LogP contribution in [0.25, 0.3) is 0 Å². The highest BCUT2D eigenvalue weighted by Gasteiger charge is 2.14. The molecular weight excluding hydrogens is 180 g/mol. The molecule has 0 fully saturated rings. The lowest BCUT2D eigenvalue weighted by Crippen LogP contribution is -2.37. The molecule has 0 aromatic rings. The average molecular weight is 200 g/mol. The van der Waals surface area contributed by atoms with E-state index in [0.717, 1.165) is 13.1 Å². The van der Waals surface area contributed by atoms with Crippen LogP contribution in [0.1, 0.15) is 0 Å². The van der Waals surface area contributed by atoms with Crippen molar-refractivity contribution in [2.75, 3.05) is 41.3 Å². The predicted octanol–water partition coefficient (Wildman–Crippen LogP) is 0.207. The molecule has 0 aliphatic rings. The van der Waals surface area contributed by atoms with Crippen molar-refractivity contribution in [3.8, 4) is 0 Å². The summed E-state index contributed by atoms with van der Waals surface area (Å²) >= 11 is 0. The van der Waals surface area contributed by atoms with E-state index in [9.17, 15) is 4.79 Å². The maximum absolute atomic E-state index is 11.0. The second kappa shape index (κ2) is 6.56. The summed E-state index contributed by atoms with van der Waals surface area (Å²) in [6.45, 7) is 4.81. The Kier molecular flexibility index (Phi) is 6.16. The third kappa shape index (κ3) is 6.62. The third-order valence-electron chi connectivity index (χ3n) is 1.59. The van der Waals surface area contributed by atoms with Gasteiger partial charge in [-0.25, -0.2) is 4.79 Å². The Morgan fingerprint density at radius 2 is 1.71 bits per heavy atom. The highest BCUT2D eigenvalue weighted by atomic mass is 16.5. The van der Waals surface area contributed by atoms with Crippen LogP contribution in [0.15, 0.2) is 12.7 Å². The second-order valence-electron chi connectivity index (χ2n) is 3.79. The number of rotatable bonds is 6. The van der Waals surface area contributed by atoms with E-state index in [0.29, 0.717) is 0 Å². The van der Waals surface area contributed by atoms with Gasteiger partial charge in [0.15, 0.2) is 0 Å². The van der Waals surface area contributed by atoms with Crippen LogP contribution in [0, 0.1) is 0 Å². The van der Waals surface area contributed by atoms with Crippen molar-refractivity contribution < 1.29 is 9.53 Å². The maximum Gasteiger partial charge on any atom is 0.330 e. The number of likely N-dealkylation sites (N-methyl/N-ethyl adjacent to an activating group) is 2. The van der Waals surface area contributed by atoms with Crippen LogP contribution >= 0.6 is 0 Å². The zero-order valence-corrected chi connectivity index (χ0v) is 9.49. The van der Waals surface area contributed by atoms with Gasteiger partial charge in [0, 0.05) is 19.2 Å². The molecule has 4 nitrogen and oxygen atoms in total. The lowest BCUT2D eigenvalue weighted by atomic mass is 10.3. The van der Waals surface area contributed by atoms with Crippen molar-refractivity contribution in [3.63, 3.8) is 0 Å². The largest absolute Gasteiger partial charge is 0.456 e. The first-order chi connectivity index (χ1) is 6.45. The van der Waals surface area contributed by atoms with Gasteiger partial charge in [0.2, 0.25) is 0 Å². The summed E-state index contributed by atoms with van der Waals surface area (Å²) < 4.78 is 5.18. The number of hydrogen-bond acceptors (Lipinski definition) is 4. The lowest BCUT2D eigenvalue weighted by molar-refractivity contribution is -0.144. The number of carbonyl (C=O) groups excluding carboxylic acids is 1. The SMILES string of the molecule is C=CC(=O)OC(CN(C)C)CN(C)C. The normalized spacial score (nSPS) is 11.1. The molecule has 0 aromatic heterocycles. The molecule has 0 amide bonds. The molecule has 0 N–H and O–H groups in total. The summed E-state index contributed by atoms with van der Waals surface area (Å²) in [6, 6.07) is 0. The van der Waals surface area contributed by atoms with Crippen molar-refractivity contribution in [2.45, 2.75) is 6.10 Å². The minimum absolute atomic E-state index is 0.106. The Labute approximate surface area is 86.1 Å². The molecule has 4 heteroatoms. The van der Waals surface area contributed by atoms with Crippen LogP contribution in [0.2, 0.25) is 0 Å². The molecule has 0 aliphatic carbocycles. The molecule has 0 unspecified atom stereocenters. The van der Waals surface area contributed by atoms with E-state index in [1.54, 1.807) is 0 Å². The van der Waals surface area contributed by atoms with Gasteiger partial charge in [0.25, 0.3) is 0 Å². The minimum Gasteiger partial charge on any atom is -0.456 e. The summed E-state index contributed by atoms with van der Waals surface area (Å²) in [5.74, 6) is -0.362. The Bertz CT molecular complexity index is 181. The lowest BCUT2D eigenvalue weighted by Gasteiger charge is -2.23. The van der Waals surface area contributed by atoms with Gasteiger partial charge in [0.05, 0.1) is 0 Å². The fraction of sp³-hybridized carbons (Fsp3) is 0.700. The highest BCUT2D eigenvalue weighted by molar-refractivity contribution is 5.81. The van der Waals surface area contributed by atoms with Gasteiger partial charge in [-0.05, 0) is 28.2 Å². The molecule has 0 aliphatic heterocycles. The van der Waals surface area contributed by atoms with Crippen LogP contribution in [0.5, 0.6) is 0 Å². The van der Waals surface area contributed by atoms with E-state index >= 15 is 0 Å². The van der Waals surface area contributed by atoms with Crippen molar-refractivity contribution >= 4 is 5.97 Å². The molecule has 0 radical (unpaired) electrons. The molecule has 14 heavy (non-hydrogen) atoms. The van der Waals surface area contributed by atoms with Crippen molar-refractivity contribution in [1.82, 2.24) is 9.80 Å². The maximum atomic E-state index is 11.0. The Morgan fingerprint density at radius 3 is 2.00 bits per heavy atom. The zero-order valence-electron chi connectivity index (χ0n) is 9.49. The number of hydrogen-bond donors (Lipinski definition) is 0. The standard InChI is InChI=1S/C10H20N2O2/c1-6-10(13)14-9(7-11(2)3)8-12(4)5/h6,9H,1,7-8H2,2-5H3. The Morgan fingerprint density at radius 1 is 1.29 bits per heavy atom. The Balaban J connectivity index is 4.09. The third-order valence-corrected chi connectivity index (χ3v) is 1.59. The molecule has 0 rings (SSSR count). The molecule has 0 bridgehead atoms. The van der Waals surface area contributed by atoms with Crippen LogP contribution < -0.4 is 0 Å². The van der Waals surface area contributed by atoms with Crippen LogP contribution in [-0.2, 0) is 9.53 Å². The van der Waals surface area contributed by atoms with Gasteiger partial charge in [-0.2, -0.15) is 0 Å². The molecule has 0 spiro atoms. The number of esters is 1. The van der Waals surface area contributed by atoms with Crippen LogP contribution in [-0.4, -0.2) is 63.2 Å². The number of nitrogens with zero attached hydrogens (tertiary/aromatic N) is 2. The van der Waals surface area contributed by atoms with Gasteiger partial charge in [-0.1, -0.05) is 6.58 Å². The fourth-order valence-electron chi connectivity index (χ4n) is 1.16. The molecular formula is C10H20N2O2. The van der Waals surface area contributed by atoms with Crippen molar-refractivity contribution in [1.29, 1.82) is 0 Å². The molecule has 0 saturated carbocycles. The van der Waals surface area contributed by atoms with E-state index in [1.807, 2.05) is 38.0 Å². The van der Waals surface area contributed by atoms with E-state index < -0.39 is 0 Å². The summed E-state index contributed by atoms with van der Waals surface area (Å²) in [6.07, 6.45) is 1.09. The Hall–Kier alpha value is -0.870. The van der Waals surface area contributed by atoms with Crippen LogP contribution in [0.3, 0.4) is 0 Å². The van der Waals surface area contributed by atoms with Gasteiger partial charge in [-0.15, -0.1) is 0 Å². The van der Waals surface area contributed by atoms with Gasteiger partial charge < -0.3 is 14.5 Å². The van der Waals surface area contributed by atoms with Gasteiger partial charge in [0.1, 0.15) is 6.10 Å². The first-order valence-electron chi connectivity index (χ1n) is 4.58. The minimum atomic E-state index is -0.362.